The first-order valence-corrected chi connectivity index (χ1v) is 7.76. The van der Waals surface area contributed by atoms with Crippen molar-refractivity contribution in [3.63, 3.8) is 0 Å². The molecule has 0 aliphatic heterocycles. The Labute approximate surface area is 130 Å². The van der Waals surface area contributed by atoms with Crippen molar-refractivity contribution < 1.29 is 18.7 Å². The molecule has 1 aromatic heterocycles. The number of amides is 1. The van der Waals surface area contributed by atoms with Gasteiger partial charge < -0.3 is 10.4 Å². The van der Waals surface area contributed by atoms with Gasteiger partial charge in [0.25, 0.3) is 5.91 Å². The zero-order chi connectivity index (χ0) is 16.1. The van der Waals surface area contributed by atoms with Gasteiger partial charge in [-0.05, 0) is 24.6 Å². The number of carbonyl (C=O) groups excluding carboxylic acids is 1. The number of nitrogens with one attached hydrogen (secondary N) is 1. The summed E-state index contributed by atoms with van der Waals surface area (Å²) in [6, 6.07) is 3.47. The Kier molecular flexibility index (Phi) is 5.57. The third kappa shape index (κ3) is 4.08. The van der Waals surface area contributed by atoms with Crippen molar-refractivity contribution in [2.24, 2.45) is 0 Å². The Balaban J connectivity index is 2.04. The van der Waals surface area contributed by atoms with Gasteiger partial charge in [-0.3, -0.25) is 4.79 Å². The molecule has 7 heteroatoms. The molecule has 22 heavy (non-hydrogen) atoms. The molecule has 0 aliphatic rings. The maximum Gasteiger partial charge on any atom is 0.270 e. The number of benzene rings is 1. The number of aliphatic hydroxyl groups is 1. The summed E-state index contributed by atoms with van der Waals surface area (Å²) in [5.74, 6) is -2.29. The highest BCUT2D eigenvalue weighted by molar-refractivity contribution is 7.13. The van der Waals surface area contributed by atoms with Crippen LogP contribution < -0.4 is 5.32 Å². The fraction of sp³-hybridized carbons (Fsp3) is 0.333. The Hall–Kier alpha value is -1.86. The molecule has 0 saturated heterocycles. The lowest BCUT2D eigenvalue weighted by molar-refractivity contribution is 0.0906. The van der Waals surface area contributed by atoms with E-state index in [0.717, 1.165) is 18.6 Å². The van der Waals surface area contributed by atoms with Crippen LogP contribution in [-0.4, -0.2) is 28.6 Å². The molecular weight excluding hydrogens is 310 g/mol. The van der Waals surface area contributed by atoms with Gasteiger partial charge in [-0.1, -0.05) is 13.3 Å². The summed E-state index contributed by atoms with van der Waals surface area (Å²) in [5.41, 5.74) is 0.599. The van der Waals surface area contributed by atoms with Crippen molar-refractivity contribution in [3.05, 3.63) is 40.9 Å². The fourth-order valence-electron chi connectivity index (χ4n) is 1.88. The summed E-state index contributed by atoms with van der Waals surface area (Å²) < 4.78 is 26.1. The SMILES string of the molecule is CCCC(O)CNC(=O)c1csc(-c2ccc(F)c(F)c2)n1. The standard InChI is InChI=1S/C15H16F2N2O2S/c1-2-3-10(20)7-18-14(21)13-8-22-15(19-13)9-4-5-11(16)12(17)6-9/h4-6,8,10,20H,2-3,7H2,1H3,(H,18,21). The Morgan fingerprint density at radius 2 is 2.18 bits per heavy atom. The van der Waals surface area contributed by atoms with E-state index >= 15 is 0 Å². The molecule has 0 saturated carbocycles. The summed E-state index contributed by atoms with van der Waals surface area (Å²) in [4.78, 5) is 16.0. The maximum atomic E-state index is 13.2. The van der Waals surface area contributed by atoms with Crippen molar-refractivity contribution in [2.45, 2.75) is 25.9 Å². The molecule has 4 nitrogen and oxygen atoms in total. The number of aliphatic hydroxyl groups excluding tert-OH is 1. The van der Waals surface area contributed by atoms with Crippen LogP contribution in [0.1, 0.15) is 30.3 Å². The number of hydrogen-bond donors (Lipinski definition) is 2. The molecule has 118 valence electrons. The molecule has 0 bridgehead atoms. The van der Waals surface area contributed by atoms with Crippen molar-refractivity contribution in [1.82, 2.24) is 10.3 Å². The second kappa shape index (κ2) is 7.42. The molecule has 1 unspecified atom stereocenters. The molecule has 0 aliphatic carbocycles. The van der Waals surface area contributed by atoms with E-state index in [1.165, 1.54) is 22.8 Å². The van der Waals surface area contributed by atoms with Crippen LogP contribution >= 0.6 is 11.3 Å². The summed E-state index contributed by atoms with van der Waals surface area (Å²) in [6.07, 6.45) is 0.851. The number of halogens is 2. The van der Waals surface area contributed by atoms with Crippen molar-refractivity contribution in [2.75, 3.05) is 6.54 Å². The van der Waals surface area contributed by atoms with E-state index in [1.54, 1.807) is 0 Å². The molecule has 1 aromatic carbocycles. The quantitative estimate of drug-likeness (QED) is 0.858. The van der Waals surface area contributed by atoms with Crippen molar-refractivity contribution >= 4 is 17.2 Å². The minimum Gasteiger partial charge on any atom is -0.391 e. The summed E-state index contributed by atoms with van der Waals surface area (Å²) in [5, 5.41) is 14.1. The summed E-state index contributed by atoms with van der Waals surface area (Å²) in [7, 11) is 0. The van der Waals surface area contributed by atoms with Gasteiger partial charge in [0.05, 0.1) is 6.10 Å². The predicted molar refractivity (Wildman–Crippen MR) is 80.7 cm³/mol. The summed E-state index contributed by atoms with van der Waals surface area (Å²) in [6.45, 7) is 2.10. The maximum absolute atomic E-state index is 13.2. The van der Waals surface area contributed by atoms with Crippen molar-refractivity contribution in [1.29, 1.82) is 0 Å². The molecular formula is C15H16F2N2O2S. The minimum atomic E-state index is -0.957. The van der Waals surface area contributed by atoms with E-state index in [-0.39, 0.29) is 12.2 Å². The van der Waals surface area contributed by atoms with E-state index in [2.05, 4.69) is 10.3 Å². The van der Waals surface area contributed by atoms with E-state index in [4.69, 9.17) is 0 Å². The van der Waals surface area contributed by atoms with Crippen LogP contribution in [0.2, 0.25) is 0 Å². The highest BCUT2D eigenvalue weighted by atomic mass is 32.1. The van der Waals surface area contributed by atoms with Crippen LogP contribution in [0.15, 0.2) is 23.6 Å². The highest BCUT2D eigenvalue weighted by Gasteiger charge is 2.14. The zero-order valence-corrected chi connectivity index (χ0v) is 12.8. The van der Waals surface area contributed by atoms with Crippen LogP contribution in [0.3, 0.4) is 0 Å². The molecule has 0 spiro atoms. The minimum absolute atomic E-state index is 0.157. The van der Waals surface area contributed by atoms with Gasteiger partial charge in [0.1, 0.15) is 10.7 Å². The molecule has 0 fully saturated rings. The molecule has 2 aromatic rings. The van der Waals surface area contributed by atoms with Crippen molar-refractivity contribution in [3.8, 4) is 10.6 Å². The van der Waals surface area contributed by atoms with Gasteiger partial charge >= 0.3 is 0 Å². The molecule has 1 heterocycles. The van der Waals surface area contributed by atoms with Crippen LogP contribution in [0.5, 0.6) is 0 Å². The highest BCUT2D eigenvalue weighted by Crippen LogP contribution is 2.25. The first-order valence-electron chi connectivity index (χ1n) is 6.88. The number of nitrogens with zero attached hydrogens (tertiary/aromatic N) is 1. The van der Waals surface area contributed by atoms with E-state index in [0.29, 0.717) is 17.0 Å². The zero-order valence-electron chi connectivity index (χ0n) is 12.0. The lowest BCUT2D eigenvalue weighted by Crippen LogP contribution is -2.32. The van der Waals surface area contributed by atoms with Gasteiger partial charge in [0.15, 0.2) is 11.6 Å². The number of rotatable bonds is 6. The first kappa shape index (κ1) is 16.5. The fourth-order valence-corrected chi connectivity index (χ4v) is 2.67. The lowest BCUT2D eigenvalue weighted by atomic mass is 10.2. The van der Waals surface area contributed by atoms with Gasteiger partial charge in [-0.25, -0.2) is 13.8 Å². The van der Waals surface area contributed by atoms with E-state index in [1.807, 2.05) is 6.92 Å². The largest absolute Gasteiger partial charge is 0.391 e. The number of hydrogen-bond acceptors (Lipinski definition) is 4. The van der Waals surface area contributed by atoms with Gasteiger partial charge in [-0.2, -0.15) is 0 Å². The van der Waals surface area contributed by atoms with E-state index in [9.17, 15) is 18.7 Å². The van der Waals surface area contributed by atoms with Gasteiger partial charge in [0.2, 0.25) is 0 Å². The molecule has 0 radical (unpaired) electrons. The average Bonchev–Trinajstić information content (AvgIpc) is 2.98. The topological polar surface area (TPSA) is 62.2 Å². The smallest absolute Gasteiger partial charge is 0.270 e. The number of aromatic nitrogens is 1. The second-order valence-corrected chi connectivity index (χ2v) is 5.68. The Morgan fingerprint density at radius 1 is 1.41 bits per heavy atom. The number of thiazole rings is 1. The van der Waals surface area contributed by atoms with Crippen LogP contribution in [0.4, 0.5) is 8.78 Å². The Morgan fingerprint density at radius 3 is 2.86 bits per heavy atom. The average molecular weight is 326 g/mol. The summed E-state index contributed by atoms with van der Waals surface area (Å²) >= 11 is 1.17. The van der Waals surface area contributed by atoms with Gasteiger partial charge in [-0.15, -0.1) is 11.3 Å². The van der Waals surface area contributed by atoms with E-state index < -0.39 is 23.6 Å². The molecule has 1 amide bonds. The normalized spacial score (nSPS) is 12.2. The van der Waals surface area contributed by atoms with Crippen LogP contribution in [0.25, 0.3) is 10.6 Å². The number of carbonyl (C=O) groups is 1. The van der Waals surface area contributed by atoms with Crippen LogP contribution in [0, 0.1) is 11.6 Å². The molecule has 2 rings (SSSR count). The predicted octanol–water partition coefficient (Wildman–Crippen LogP) is 2.98. The van der Waals surface area contributed by atoms with Gasteiger partial charge in [0, 0.05) is 17.5 Å². The molecule has 1 atom stereocenters. The van der Waals surface area contributed by atoms with Crippen LogP contribution in [-0.2, 0) is 0 Å². The monoisotopic (exact) mass is 326 g/mol. The molecule has 2 N–H and O–H groups in total. The Bertz CT molecular complexity index is 661. The second-order valence-electron chi connectivity index (χ2n) is 4.82. The lowest BCUT2D eigenvalue weighted by Gasteiger charge is -2.09. The third-order valence-corrected chi connectivity index (χ3v) is 3.91. The first-order chi connectivity index (χ1) is 10.5. The third-order valence-electron chi connectivity index (χ3n) is 3.02.